The summed E-state index contributed by atoms with van der Waals surface area (Å²) in [4.78, 5) is 0. The Morgan fingerprint density at radius 3 is 2.60 bits per heavy atom. The number of rotatable bonds is 4. The third-order valence-corrected chi connectivity index (χ3v) is 4.31. The van der Waals surface area contributed by atoms with Crippen molar-refractivity contribution < 1.29 is 4.39 Å². The Kier molecular flexibility index (Phi) is 5.38. The molecule has 2 rings (SSSR count). The lowest BCUT2D eigenvalue weighted by atomic mass is 9.99. The van der Waals surface area contributed by atoms with Gasteiger partial charge in [-0.1, -0.05) is 24.1 Å². The van der Waals surface area contributed by atoms with Crippen molar-refractivity contribution in [3.05, 3.63) is 34.6 Å². The zero-order valence-corrected chi connectivity index (χ0v) is 12.8. The Balaban J connectivity index is 2.15. The van der Waals surface area contributed by atoms with Crippen LogP contribution < -0.4 is 11.2 Å². The Bertz CT molecular complexity index is 445. The molecule has 3 atom stereocenters. The van der Waals surface area contributed by atoms with Crippen molar-refractivity contribution in [2.45, 2.75) is 51.2 Å². The maximum Gasteiger partial charge on any atom is 0.129 e. The number of piperidine rings is 1. The van der Waals surface area contributed by atoms with Gasteiger partial charge in [-0.05, 0) is 38.8 Å². The van der Waals surface area contributed by atoms with Gasteiger partial charge in [0, 0.05) is 29.2 Å². The van der Waals surface area contributed by atoms with Crippen molar-refractivity contribution in [3.8, 4) is 0 Å². The van der Waals surface area contributed by atoms with Crippen LogP contribution in [0.15, 0.2) is 18.2 Å². The zero-order chi connectivity index (χ0) is 14.7. The van der Waals surface area contributed by atoms with Gasteiger partial charge >= 0.3 is 0 Å². The van der Waals surface area contributed by atoms with Crippen LogP contribution >= 0.6 is 11.6 Å². The Labute approximate surface area is 125 Å². The van der Waals surface area contributed by atoms with Crippen LogP contribution in [0.25, 0.3) is 0 Å². The SMILES string of the molecule is CC1CCCC(C)N1NC(CN)c1ccc(Cl)cc1F. The van der Waals surface area contributed by atoms with Gasteiger partial charge in [0.25, 0.3) is 0 Å². The second kappa shape index (κ2) is 6.85. The number of nitrogens with two attached hydrogens (primary N) is 1. The van der Waals surface area contributed by atoms with Gasteiger partial charge in [-0.15, -0.1) is 0 Å². The van der Waals surface area contributed by atoms with E-state index in [2.05, 4.69) is 24.3 Å². The molecule has 0 aliphatic carbocycles. The Hall–Kier alpha value is -0.680. The van der Waals surface area contributed by atoms with Gasteiger partial charge in [-0.2, -0.15) is 0 Å². The minimum absolute atomic E-state index is 0.227. The largest absolute Gasteiger partial charge is 0.329 e. The molecule has 1 aliphatic heterocycles. The van der Waals surface area contributed by atoms with Gasteiger partial charge in [0.2, 0.25) is 0 Å². The summed E-state index contributed by atoms with van der Waals surface area (Å²) >= 11 is 5.80. The fraction of sp³-hybridized carbons (Fsp3) is 0.600. The molecule has 1 saturated heterocycles. The van der Waals surface area contributed by atoms with Crippen LogP contribution in [0.1, 0.15) is 44.7 Å². The molecular formula is C15H23ClFN3. The van der Waals surface area contributed by atoms with Crippen molar-refractivity contribution in [2.75, 3.05) is 6.54 Å². The van der Waals surface area contributed by atoms with E-state index < -0.39 is 0 Å². The lowest BCUT2D eigenvalue weighted by Crippen LogP contribution is -2.54. The summed E-state index contributed by atoms with van der Waals surface area (Å²) in [6.07, 6.45) is 3.54. The molecule has 0 bridgehead atoms. The van der Waals surface area contributed by atoms with Crippen LogP contribution in [0.4, 0.5) is 4.39 Å². The fourth-order valence-electron chi connectivity index (χ4n) is 2.89. The van der Waals surface area contributed by atoms with E-state index in [-0.39, 0.29) is 11.9 Å². The molecule has 3 nitrogen and oxygen atoms in total. The number of nitrogens with zero attached hydrogens (tertiary/aromatic N) is 1. The quantitative estimate of drug-likeness (QED) is 0.897. The molecule has 1 heterocycles. The predicted octanol–water partition coefficient (Wildman–Crippen LogP) is 3.25. The number of hydrogen-bond donors (Lipinski definition) is 2. The van der Waals surface area contributed by atoms with Crippen LogP contribution in [-0.2, 0) is 0 Å². The molecule has 0 aromatic heterocycles. The average Bonchev–Trinajstić information content (AvgIpc) is 2.40. The molecule has 1 aromatic carbocycles. The summed E-state index contributed by atoms with van der Waals surface area (Å²) in [5.74, 6) is -0.308. The van der Waals surface area contributed by atoms with E-state index in [4.69, 9.17) is 17.3 Å². The molecule has 3 unspecified atom stereocenters. The molecule has 20 heavy (non-hydrogen) atoms. The molecule has 0 spiro atoms. The van der Waals surface area contributed by atoms with Crippen molar-refractivity contribution in [1.82, 2.24) is 10.4 Å². The van der Waals surface area contributed by atoms with E-state index in [1.807, 2.05) is 0 Å². The smallest absolute Gasteiger partial charge is 0.129 e. The highest BCUT2D eigenvalue weighted by molar-refractivity contribution is 6.30. The van der Waals surface area contributed by atoms with Gasteiger partial charge in [-0.25, -0.2) is 14.8 Å². The second-order valence-corrected chi connectivity index (χ2v) is 6.06. The highest BCUT2D eigenvalue weighted by Crippen LogP contribution is 2.25. The average molecular weight is 300 g/mol. The van der Waals surface area contributed by atoms with E-state index in [1.54, 1.807) is 12.1 Å². The number of benzene rings is 1. The van der Waals surface area contributed by atoms with Crippen molar-refractivity contribution >= 4 is 11.6 Å². The summed E-state index contributed by atoms with van der Waals surface area (Å²) in [6.45, 7) is 4.72. The van der Waals surface area contributed by atoms with Crippen LogP contribution in [0.5, 0.6) is 0 Å². The van der Waals surface area contributed by atoms with E-state index >= 15 is 0 Å². The number of halogens is 2. The minimum atomic E-state index is -0.308. The van der Waals surface area contributed by atoms with Crippen LogP contribution in [-0.4, -0.2) is 23.6 Å². The van der Waals surface area contributed by atoms with Crippen molar-refractivity contribution in [3.63, 3.8) is 0 Å². The number of hydrogen-bond acceptors (Lipinski definition) is 3. The second-order valence-electron chi connectivity index (χ2n) is 5.62. The van der Waals surface area contributed by atoms with Gasteiger partial charge < -0.3 is 5.73 Å². The maximum atomic E-state index is 14.0. The molecule has 0 saturated carbocycles. The van der Waals surface area contributed by atoms with Crippen LogP contribution in [0, 0.1) is 5.82 Å². The highest BCUT2D eigenvalue weighted by Gasteiger charge is 2.27. The van der Waals surface area contributed by atoms with Crippen LogP contribution in [0.2, 0.25) is 5.02 Å². The number of hydrazine groups is 1. The summed E-state index contributed by atoms with van der Waals surface area (Å²) in [6, 6.07) is 5.39. The molecule has 1 fully saturated rings. The van der Waals surface area contributed by atoms with Gasteiger partial charge in [0.1, 0.15) is 5.82 Å². The fourth-order valence-corrected chi connectivity index (χ4v) is 3.05. The first-order valence-electron chi connectivity index (χ1n) is 7.22. The van der Waals surface area contributed by atoms with E-state index in [1.165, 1.54) is 12.5 Å². The summed E-state index contributed by atoms with van der Waals surface area (Å²) in [5, 5.41) is 2.62. The Morgan fingerprint density at radius 2 is 2.05 bits per heavy atom. The summed E-state index contributed by atoms with van der Waals surface area (Å²) < 4.78 is 14.0. The molecule has 1 aliphatic rings. The predicted molar refractivity (Wildman–Crippen MR) is 81.0 cm³/mol. The first-order valence-corrected chi connectivity index (χ1v) is 7.60. The molecule has 0 amide bonds. The molecule has 5 heteroatoms. The molecule has 112 valence electrons. The third-order valence-electron chi connectivity index (χ3n) is 4.07. The lowest BCUT2D eigenvalue weighted by molar-refractivity contribution is 0.0299. The summed E-state index contributed by atoms with van der Waals surface area (Å²) in [5.41, 5.74) is 9.81. The standard InChI is InChI=1S/C15H23ClFN3/c1-10-4-3-5-11(2)20(10)19-15(9-18)13-7-6-12(16)8-14(13)17/h6-8,10-11,15,19H,3-5,9,18H2,1-2H3. The van der Waals surface area contributed by atoms with Crippen molar-refractivity contribution in [2.24, 2.45) is 5.73 Å². The Morgan fingerprint density at radius 1 is 1.40 bits per heavy atom. The maximum absolute atomic E-state index is 14.0. The normalized spacial score (nSPS) is 25.6. The molecule has 1 aromatic rings. The molecular weight excluding hydrogens is 277 g/mol. The molecule has 3 N–H and O–H groups in total. The third kappa shape index (κ3) is 3.50. The highest BCUT2D eigenvalue weighted by atomic mass is 35.5. The van der Waals surface area contributed by atoms with Gasteiger partial charge in [-0.3, -0.25) is 0 Å². The van der Waals surface area contributed by atoms with E-state index in [0.29, 0.717) is 29.2 Å². The van der Waals surface area contributed by atoms with Crippen LogP contribution in [0.3, 0.4) is 0 Å². The first kappa shape index (κ1) is 15.7. The lowest BCUT2D eigenvalue weighted by Gasteiger charge is -2.41. The van der Waals surface area contributed by atoms with Gasteiger partial charge in [0.05, 0.1) is 6.04 Å². The van der Waals surface area contributed by atoms with E-state index in [9.17, 15) is 4.39 Å². The van der Waals surface area contributed by atoms with E-state index in [0.717, 1.165) is 12.8 Å². The topological polar surface area (TPSA) is 41.3 Å². The minimum Gasteiger partial charge on any atom is -0.329 e. The number of nitrogens with one attached hydrogen (secondary N) is 1. The van der Waals surface area contributed by atoms with Gasteiger partial charge in [0.15, 0.2) is 0 Å². The first-order chi connectivity index (χ1) is 9.52. The van der Waals surface area contributed by atoms with Crippen molar-refractivity contribution in [1.29, 1.82) is 0 Å². The summed E-state index contributed by atoms with van der Waals surface area (Å²) in [7, 11) is 0. The zero-order valence-electron chi connectivity index (χ0n) is 12.1. The molecule has 0 radical (unpaired) electrons. The monoisotopic (exact) mass is 299 g/mol.